The van der Waals surface area contributed by atoms with Gasteiger partial charge in [0.1, 0.15) is 10.7 Å². The molecule has 0 fully saturated rings. The van der Waals surface area contributed by atoms with Crippen LogP contribution in [0, 0.1) is 0 Å². The third kappa shape index (κ3) is 5.97. The number of nitrogens with one attached hydrogen (secondary N) is 2. The molecule has 0 bridgehead atoms. The molecular weight excluding hydrogens is 404 g/mol. The van der Waals surface area contributed by atoms with Crippen molar-refractivity contribution in [2.75, 3.05) is 22.1 Å². The zero-order valence-electron chi connectivity index (χ0n) is 16.8. The SMILES string of the molecule is C(=Cc1ccccc1)CSC1Nc2ccccc2NC1SCC=Cc1ccccc1. The van der Waals surface area contributed by atoms with Crippen molar-refractivity contribution in [1.82, 2.24) is 0 Å². The number of hydrogen-bond donors (Lipinski definition) is 2. The van der Waals surface area contributed by atoms with E-state index in [2.05, 4.69) is 120 Å². The van der Waals surface area contributed by atoms with E-state index in [1.807, 2.05) is 23.5 Å². The summed E-state index contributed by atoms with van der Waals surface area (Å²) >= 11 is 3.87. The molecule has 3 aromatic rings. The largest absolute Gasteiger partial charge is 0.369 e. The lowest BCUT2D eigenvalue weighted by atomic mass is 10.2. The Balaban J connectivity index is 1.36. The fourth-order valence-electron chi connectivity index (χ4n) is 3.27. The van der Waals surface area contributed by atoms with Crippen LogP contribution in [0.3, 0.4) is 0 Å². The maximum Gasteiger partial charge on any atom is 0.103 e. The molecule has 152 valence electrons. The molecule has 3 aromatic carbocycles. The average Bonchev–Trinajstić information content (AvgIpc) is 2.81. The predicted molar refractivity (Wildman–Crippen MR) is 137 cm³/mol. The molecule has 1 aliphatic heterocycles. The summed E-state index contributed by atoms with van der Waals surface area (Å²) in [5.74, 6) is 1.93. The van der Waals surface area contributed by atoms with Gasteiger partial charge in [-0.15, -0.1) is 23.5 Å². The minimum Gasteiger partial charge on any atom is -0.369 e. The van der Waals surface area contributed by atoms with Crippen molar-refractivity contribution in [3.05, 3.63) is 108 Å². The van der Waals surface area contributed by atoms with Crippen LogP contribution in [0.2, 0.25) is 0 Å². The zero-order chi connectivity index (χ0) is 20.4. The molecule has 0 saturated carbocycles. The van der Waals surface area contributed by atoms with Crippen LogP contribution < -0.4 is 10.6 Å². The van der Waals surface area contributed by atoms with Crippen LogP contribution in [0.4, 0.5) is 11.4 Å². The normalized spacial score (nSPS) is 18.1. The van der Waals surface area contributed by atoms with Crippen LogP contribution in [-0.4, -0.2) is 22.3 Å². The first kappa shape index (κ1) is 20.7. The Morgan fingerprint density at radius 2 is 0.967 bits per heavy atom. The predicted octanol–water partition coefficient (Wildman–Crippen LogP) is 7.07. The maximum absolute atomic E-state index is 3.73. The molecule has 1 aliphatic rings. The van der Waals surface area contributed by atoms with E-state index in [1.54, 1.807) is 0 Å². The second-order valence-electron chi connectivity index (χ2n) is 6.97. The van der Waals surface area contributed by atoms with Gasteiger partial charge in [-0.2, -0.15) is 0 Å². The van der Waals surface area contributed by atoms with Crippen molar-refractivity contribution >= 4 is 47.1 Å². The molecule has 4 heteroatoms. The second kappa shape index (κ2) is 11.0. The topological polar surface area (TPSA) is 24.1 Å². The highest BCUT2D eigenvalue weighted by atomic mass is 32.2. The van der Waals surface area contributed by atoms with Gasteiger partial charge in [-0.3, -0.25) is 0 Å². The Hall–Kier alpha value is -2.56. The van der Waals surface area contributed by atoms with Crippen molar-refractivity contribution in [1.29, 1.82) is 0 Å². The van der Waals surface area contributed by atoms with Crippen LogP contribution in [0.15, 0.2) is 97.1 Å². The molecular formula is C26H26N2S2. The number of rotatable bonds is 8. The molecule has 0 spiro atoms. The third-order valence-corrected chi connectivity index (χ3v) is 7.20. The van der Waals surface area contributed by atoms with E-state index in [0.29, 0.717) is 10.7 Å². The number of anilines is 2. The van der Waals surface area contributed by atoms with E-state index in [0.717, 1.165) is 11.5 Å². The van der Waals surface area contributed by atoms with Gasteiger partial charge in [0, 0.05) is 11.5 Å². The van der Waals surface area contributed by atoms with Gasteiger partial charge >= 0.3 is 0 Å². The maximum atomic E-state index is 3.73. The van der Waals surface area contributed by atoms with Crippen molar-refractivity contribution in [3.8, 4) is 0 Å². The smallest absolute Gasteiger partial charge is 0.103 e. The van der Waals surface area contributed by atoms with E-state index < -0.39 is 0 Å². The molecule has 2 unspecified atom stereocenters. The van der Waals surface area contributed by atoms with Crippen LogP contribution in [0.25, 0.3) is 12.2 Å². The van der Waals surface area contributed by atoms with Gasteiger partial charge < -0.3 is 10.6 Å². The molecule has 2 nitrogen and oxygen atoms in total. The summed E-state index contributed by atoms with van der Waals surface area (Å²) in [6, 6.07) is 29.4. The molecule has 1 heterocycles. The summed E-state index contributed by atoms with van der Waals surface area (Å²) < 4.78 is 0. The molecule has 30 heavy (non-hydrogen) atoms. The summed E-state index contributed by atoms with van der Waals surface area (Å²) in [7, 11) is 0. The van der Waals surface area contributed by atoms with Gasteiger partial charge in [0.15, 0.2) is 0 Å². The molecule has 0 aromatic heterocycles. The van der Waals surface area contributed by atoms with Gasteiger partial charge in [0.05, 0.1) is 11.4 Å². The summed E-state index contributed by atoms with van der Waals surface area (Å²) in [4.78, 5) is 0. The monoisotopic (exact) mass is 430 g/mol. The van der Waals surface area contributed by atoms with Crippen molar-refractivity contribution < 1.29 is 0 Å². The molecule has 0 radical (unpaired) electrons. The molecule has 2 atom stereocenters. The van der Waals surface area contributed by atoms with Gasteiger partial charge in [-0.05, 0) is 23.3 Å². The molecule has 0 saturated heterocycles. The Morgan fingerprint density at radius 3 is 1.40 bits per heavy atom. The molecule has 4 rings (SSSR count). The molecule has 0 aliphatic carbocycles. The highest BCUT2D eigenvalue weighted by molar-refractivity contribution is 8.04. The first-order chi connectivity index (χ1) is 14.9. The highest BCUT2D eigenvalue weighted by Gasteiger charge is 2.27. The third-order valence-electron chi connectivity index (χ3n) is 4.76. The first-order valence-electron chi connectivity index (χ1n) is 10.2. The fourth-order valence-corrected chi connectivity index (χ4v) is 5.47. The summed E-state index contributed by atoms with van der Waals surface area (Å²) in [5, 5.41) is 8.05. The molecule has 0 amide bonds. The van der Waals surface area contributed by atoms with Crippen molar-refractivity contribution in [3.63, 3.8) is 0 Å². The average molecular weight is 431 g/mol. The van der Waals surface area contributed by atoms with E-state index in [4.69, 9.17) is 0 Å². The van der Waals surface area contributed by atoms with Gasteiger partial charge in [-0.25, -0.2) is 0 Å². The van der Waals surface area contributed by atoms with Crippen molar-refractivity contribution in [2.45, 2.75) is 10.7 Å². The Bertz CT molecular complexity index is 890. The van der Waals surface area contributed by atoms with Gasteiger partial charge in [0.2, 0.25) is 0 Å². The quantitative estimate of drug-likeness (QED) is 0.399. The van der Waals surface area contributed by atoms with Crippen LogP contribution in [-0.2, 0) is 0 Å². The Kier molecular flexibility index (Phi) is 7.59. The minimum absolute atomic E-state index is 0.301. The number of benzene rings is 3. The number of thioether (sulfide) groups is 2. The lowest BCUT2D eigenvalue weighted by Gasteiger charge is -2.35. The minimum atomic E-state index is 0.301. The van der Waals surface area contributed by atoms with E-state index in [9.17, 15) is 0 Å². The van der Waals surface area contributed by atoms with E-state index in [1.165, 1.54) is 22.5 Å². The van der Waals surface area contributed by atoms with E-state index in [-0.39, 0.29) is 0 Å². The van der Waals surface area contributed by atoms with Gasteiger partial charge in [0.25, 0.3) is 0 Å². The van der Waals surface area contributed by atoms with Crippen LogP contribution in [0.1, 0.15) is 11.1 Å². The lowest BCUT2D eigenvalue weighted by molar-refractivity contribution is 0.928. The molecule has 2 N–H and O–H groups in total. The summed E-state index contributed by atoms with van der Waals surface area (Å²) in [5.41, 5.74) is 4.85. The van der Waals surface area contributed by atoms with Crippen molar-refractivity contribution in [2.24, 2.45) is 0 Å². The summed E-state index contributed by atoms with van der Waals surface area (Å²) in [6.45, 7) is 0. The van der Waals surface area contributed by atoms with E-state index >= 15 is 0 Å². The highest BCUT2D eigenvalue weighted by Crippen LogP contribution is 2.36. The number of para-hydroxylation sites is 2. The number of hydrogen-bond acceptors (Lipinski definition) is 4. The van der Waals surface area contributed by atoms with Crippen LogP contribution in [0.5, 0.6) is 0 Å². The zero-order valence-corrected chi connectivity index (χ0v) is 18.4. The summed E-state index contributed by atoms with van der Waals surface area (Å²) in [6.07, 6.45) is 8.89. The Labute approximate surface area is 187 Å². The second-order valence-corrected chi connectivity index (χ2v) is 9.32. The lowest BCUT2D eigenvalue weighted by Crippen LogP contribution is -2.39. The first-order valence-corrected chi connectivity index (χ1v) is 12.3. The van der Waals surface area contributed by atoms with Crippen LogP contribution >= 0.6 is 23.5 Å². The standard InChI is InChI=1S/C26H26N2S2/c1-3-11-21(12-4-1)15-9-19-29-25-26(28-24-18-8-7-17-23(24)27-25)30-20-10-16-22-13-5-2-6-14-22/h1-18,25-28H,19-20H2. The number of fused-ring (bicyclic) bond motifs is 1. The fraction of sp³-hybridized carbons (Fsp3) is 0.154. The Morgan fingerprint density at radius 1 is 0.567 bits per heavy atom. The van der Waals surface area contributed by atoms with Gasteiger partial charge in [-0.1, -0.05) is 97.1 Å².